The molecule has 0 bridgehead atoms. The van der Waals surface area contributed by atoms with Gasteiger partial charge >= 0.3 is 0 Å². The zero-order valence-corrected chi connectivity index (χ0v) is 21.9. The van der Waals surface area contributed by atoms with Gasteiger partial charge in [-0.25, -0.2) is 4.98 Å². The lowest BCUT2D eigenvalue weighted by atomic mass is 9.85. The molecule has 4 aromatic rings. The number of benzene rings is 2. The summed E-state index contributed by atoms with van der Waals surface area (Å²) in [6, 6.07) is 14.7. The van der Waals surface area contributed by atoms with Gasteiger partial charge in [-0.1, -0.05) is 31.5 Å². The molecule has 5 rings (SSSR count). The summed E-state index contributed by atoms with van der Waals surface area (Å²) in [5, 5.41) is 4.25. The van der Waals surface area contributed by atoms with Crippen molar-refractivity contribution in [3.05, 3.63) is 70.1 Å². The number of nitrogens with two attached hydrogens (primary N) is 1. The van der Waals surface area contributed by atoms with Crippen LogP contribution < -0.4 is 20.5 Å². The molecule has 37 heavy (non-hydrogen) atoms. The normalized spacial score (nSPS) is 14.7. The maximum Gasteiger partial charge on any atom is 0.257 e. The third-order valence-corrected chi connectivity index (χ3v) is 8.23. The zero-order valence-electron chi connectivity index (χ0n) is 21.1. The molecule has 2 aromatic heterocycles. The quantitative estimate of drug-likeness (QED) is 0.322. The minimum atomic E-state index is -0.508. The number of ether oxygens (including phenoxy) is 2. The smallest absolute Gasteiger partial charge is 0.257 e. The Morgan fingerprint density at radius 3 is 2.68 bits per heavy atom. The summed E-state index contributed by atoms with van der Waals surface area (Å²) in [6.45, 7) is 2.19. The van der Waals surface area contributed by atoms with E-state index < -0.39 is 5.91 Å². The SMILES string of the molecule is CC[C@H]1CCc2c(sc(NC(=O)c3cc(-c4ccc(OC)cc4OC)nc4ccccc34)c2C(N)=O)C1. The molecule has 0 fully saturated rings. The van der Waals surface area contributed by atoms with Crippen LogP contribution in [0.1, 0.15) is 50.9 Å². The molecule has 1 aliphatic carbocycles. The van der Waals surface area contributed by atoms with Crippen LogP contribution in [0.4, 0.5) is 5.00 Å². The van der Waals surface area contributed by atoms with Gasteiger partial charge in [-0.2, -0.15) is 0 Å². The minimum Gasteiger partial charge on any atom is -0.497 e. The first-order chi connectivity index (χ1) is 17.9. The Morgan fingerprint density at radius 2 is 1.95 bits per heavy atom. The average Bonchev–Trinajstić information content (AvgIpc) is 3.28. The molecule has 0 saturated heterocycles. The molecule has 2 amide bonds. The van der Waals surface area contributed by atoms with Crippen LogP contribution in [0.3, 0.4) is 0 Å². The van der Waals surface area contributed by atoms with E-state index in [1.807, 2.05) is 36.4 Å². The standard InChI is InChI=1S/C29H29N3O4S/c1-4-16-9-11-20-25(13-16)37-29(26(20)27(30)33)32-28(34)21-15-23(31-22-8-6-5-7-18(21)22)19-12-10-17(35-2)14-24(19)36-3/h5-8,10,12,14-16H,4,9,11,13H2,1-3H3,(H2,30,33)(H,32,34)/t16-/m0/s1. The van der Waals surface area contributed by atoms with Crippen LogP contribution in [-0.2, 0) is 12.8 Å². The number of methoxy groups -OCH3 is 2. The molecule has 0 unspecified atom stereocenters. The van der Waals surface area contributed by atoms with Gasteiger partial charge in [-0.15, -0.1) is 11.3 Å². The first kappa shape index (κ1) is 24.8. The Balaban J connectivity index is 1.58. The Morgan fingerprint density at radius 1 is 1.14 bits per heavy atom. The number of para-hydroxylation sites is 1. The van der Waals surface area contributed by atoms with Crippen LogP contribution in [-0.4, -0.2) is 31.0 Å². The summed E-state index contributed by atoms with van der Waals surface area (Å²) in [5.74, 6) is 0.999. The number of nitrogens with zero attached hydrogens (tertiary/aromatic N) is 1. The van der Waals surface area contributed by atoms with Crippen molar-refractivity contribution in [2.24, 2.45) is 11.7 Å². The molecule has 1 atom stereocenters. The molecule has 2 heterocycles. The van der Waals surface area contributed by atoms with Crippen molar-refractivity contribution < 1.29 is 19.1 Å². The van der Waals surface area contributed by atoms with Crippen molar-refractivity contribution >= 4 is 39.1 Å². The molecule has 8 heteroatoms. The summed E-state index contributed by atoms with van der Waals surface area (Å²) >= 11 is 1.47. The summed E-state index contributed by atoms with van der Waals surface area (Å²) < 4.78 is 10.9. The van der Waals surface area contributed by atoms with Gasteiger partial charge < -0.3 is 20.5 Å². The maximum absolute atomic E-state index is 13.7. The van der Waals surface area contributed by atoms with Crippen LogP contribution in [0, 0.1) is 5.92 Å². The number of aromatic nitrogens is 1. The van der Waals surface area contributed by atoms with E-state index in [4.69, 9.17) is 20.2 Å². The monoisotopic (exact) mass is 515 g/mol. The number of fused-ring (bicyclic) bond motifs is 2. The van der Waals surface area contributed by atoms with Crippen molar-refractivity contribution in [2.45, 2.75) is 32.6 Å². The van der Waals surface area contributed by atoms with E-state index in [-0.39, 0.29) is 5.91 Å². The van der Waals surface area contributed by atoms with Crippen LogP contribution in [0.2, 0.25) is 0 Å². The van der Waals surface area contributed by atoms with Gasteiger partial charge in [0.05, 0.1) is 36.6 Å². The number of hydrogen-bond donors (Lipinski definition) is 2. The van der Waals surface area contributed by atoms with Gasteiger partial charge in [-0.3, -0.25) is 9.59 Å². The fraction of sp³-hybridized carbons (Fsp3) is 0.276. The number of anilines is 1. The topological polar surface area (TPSA) is 104 Å². The molecule has 0 aliphatic heterocycles. The van der Waals surface area contributed by atoms with Gasteiger partial charge in [0.1, 0.15) is 16.5 Å². The van der Waals surface area contributed by atoms with E-state index in [9.17, 15) is 9.59 Å². The second-order valence-electron chi connectivity index (χ2n) is 9.18. The predicted octanol–water partition coefficient (Wildman–Crippen LogP) is 5.85. The van der Waals surface area contributed by atoms with E-state index in [0.717, 1.165) is 41.7 Å². The Kier molecular flexibility index (Phi) is 6.84. The number of rotatable bonds is 7. The molecule has 0 radical (unpaired) electrons. The van der Waals surface area contributed by atoms with E-state index in [0.29, 0.717) is 50.1 Å². The van der Waals surface area contributed by atoms with Gasteiger partial charge in [-0.05, 0) is 55.0 Å². The highest BCUT2D eigenvalue weighted by Crippen LogP contribution is 2.41. The Hall–Kier alpha value is -3.91. The highest BCUT2D eigenvalue weighted by Gasteiger charge is 2.28. The van der Waals surface area contributed by atoms with Gasteiger partial charge in [0.15, 0.2) is 0 Å². The number of pyridine rings is 1. The number of nitrogens with one attached hydrogen (secondary N) is 1. The molecule has 0 spiro atoms. The van der Waals surface area contributed by atoms with Crippen LogP contribution in [0.5, 0.6) is 11.5 Å². The van der Waals surface area contributed by atoms with Gasteiger partial charge in [0, 0.05) is 21.9 Å². The largest absolute Gasteiger partial charge is 0.497 e. The number of carbonyl (C=O) groups excluding carboxylic acids is 2. The summed E-state index contributed by atoms with van der Waals surface area (Å²) in [6.07, 6.45) is 3.83. The van der Waals surface area contributed by atoms with Crippen molar-refractivity contribution in [3.63, 3.8) is 0 Å². The van der Waals surface area contributed by atoms with Crippen molar-refractivity contribution in [1.82, 2.24) is 4.98 Å². The molecule has 190 valence electrons. The third kappa shape index (κ3) is 4.64. The molecular weight excluding hydrogens is 486 g/mol. The number of hydrogen-bond acceptors (Lipinski definition) is 6. The third-order valence-electron chi connectivity index (χ3n) is 7.06. The van der Waals surface area contributed by atoms with Gasteiger partial charge in [0.2, 0.25) is 0 Å². The summed E-state index contributed by atoms with van der Waals surface area (Å²) in [4.78, 5) is 32.1. The lowest BCUT2D eigenvalue weighted by Gasteiger charge is -2.20. The molecule has 7 nitrogen and oxygen atoms in total. The molecule has 0 saturated carbocycles. The molecule has 3 N–H and O–H groups in total. The molecule has 1 aliphatic rings. The van der Waals surface area contributed by atoms with Crippen molar-refractivity contribution in [2.75, 3.05) is 19.5 Å². The van der Waals surface area contributed by atoms with E-state index in [2.05, 4.69) is 12.2 Å². The predicted molar refractivity (Wildman–Crippen MR) is 147 cm³/mol. The summed E-state index contributed by atoms with van der Waals surface area (Å²) in [7, 11) is 3.18. The Bertz CT molecular complexity index is 1510. The van der Waals surface area contributed by atoms with Crippen molar-refractivity contribution in [1.29, 1.82) is 0 Å². The van der Waals surface area contributed by atoms with E-state index in [1.165, 1.54) is 11.3 Å². The van der Waals surface area contributed by atoms with E-state index >= 15 is 0 Å². The second kappa shape index (κ2) is 10.2. The van der Waals surface area contributed by atoms with Crippen molar-refractivity contribution in [3.8, 4) is 22.8 Å². The molecule has 2 aromatic carbocycles. The average molecular weight is 516 g/mol. The van der Waals surface area contributed by atoms with Crippen LogP contribution in [0.25, 0.3) is 22.2 Å². The Labute approximate surface area is 219 Å². The molecular formula is C29H29N3O4S. The fourth-order valence-electron chi connectivity index (χ4n) is 5.03. The van der Waals surface area contributed by atoms with Crippen LogP contribution >= 0.6 is 11.3 Å². The number of carbonyl (C=O) groups is 2. The highest BCUT2D eigenvalue weighted by molar-refractivity contribution is 7.17. The maximum atomic E-state index is 13.7. The first-order valence-electron chi connectivity index (χ1n) is 12.3. The lowest BCUT2D eigenvalue weighted by molar-refractivity contribution is 0.1000. The number of amides is 2. The van der Waals surface area contributed by atoms with E-state index in [1.54, 1.807) is 26.4 Å². The van der Waals surface area contributed by atoms with Gasteiger partial charge in [0.25, 0.3) is 11.8 Å². The highest BCUT2D eigenvalue weighted by atomic mass is 32.1. The number of thiophene rings is 1. The van der Waals surface area contributed by atoms with Crippen LogP contribution in [0.15, 0.2) is 48.5 Å². The second-order valence-corrected chi connectivity index (χ2v) is 10.3. The summed E-state index contributed by atoms with van der Waals surface area (Å²) in [5.41, 5.74) is 9.68. The fourth-order valence-corrected chi connectivity index (χ4v) is 6.40. The minimum absolute atomic E-state index is 0.319. The first-order valence-corrected chi connectivity index (χ1v) is 13.1. The number of primary amides is 1. The zero-order chi connectivity index (χ0) is 26.1. The lowest BCUT2D eigenvalue weighted by Crippen LogP contribution is -2.20.